The highest BCUT2D eigenvalue weighted by molar-refractivity contribution is 6.45. The van der Waals surface area contributed by atoms with Gasteiger partial charge in [-0.1, -0.05) is 29.3 Å². The third-order valence-electron chi connectivity index (χ3n) is 3.74. The van der Waals surface area contributed by atoms with E-state index in [4.69, 9.17) is 37.7 Å². The fraction of sp³-hybridized carbons (Fsp3) is 0.438. The lowest BCUT2D eigenvalue weighted by Crippen LogP contribution is -2.48. The van der Waals surface area contributed by atoms with Crippen molar-refractivity contribution in [2.75, 3.05) is 31.7 Å². The molecule has 22 heavy (non-hydrogen) atoms. The first-order valence-corrected chi connectivity index (χ1v) is 7.98. The normalized spacial score (nSPS) is 22.3. The van der Waals surface area contributed by atoms with Crippen LogP contribution in [-0.2, 0) is 9.47 Å². The molecule has 1 aliphatic heterocycles. The summed E-state index contributed by atoms with van der Waals surface area (Å²) in [5.74, 6) is 0.882. The number of halogens is 2. The summed E-state index contributed by atoms with van der Waals surface area (Å²) >= 11 is 12.4. The van der Waals surface area contributed by atoms with Gasteiger partial charge < -0.3 is 14.4 Å². The number of pyridine rings is 1. The van der Waals surface area contributed by atoms with Gasteiger partial charge in [0.25, 0.3) is 0 Å². The highest BCUT2D eigenvalue weighted by Crippen LogP contribution is 2.31. The predicted molar refractivity (Wildman–Crippen MR) is 90.2 cm³/mol. The maximum Gasteiger partial charge on any atom is 0.129 e. The zero-order valence-corrected chi connectivity index (χ0v) is 14.1. The van der Waals surface area contributed by atoms with Gasteiger partial charge in [-0.25, -0.2) is 4.98 Å². The van der Waals surface area contributed by atoms with Gasteiger partial charge >= 0.3 is 0 Å². The van der Waals surface area contributed by atoms with E-state index in [0.29, 0.717) is 16.7 Å². The first-order valence-electron chi connectivity index (χ1n) is 7.22. The van der Waals surface area contributed by atoms with Crippen LogP contribution in [0.1, 0.15) is 6.92 Å². The Hall–Kier alpha value is -1.07. The fourth-order valence-electron chi connectivity index (χ4n) is 2.81. The quantitative estimate of drug-likeness (QED) is 0.851. The number of hydrogen-bond acceptors (Lipinski definition) is 4. The number of aromatic nitrogens is 1. The van der Waals surface area contributed by atoms with Gasteiger partial charge in [-0.15, -0.1) is 0 Å². The first-order chi connectivity index (χ1) is 10.6. The largest absolute Gasteiger partial charge is 0.382 e. The predicted octanol–water partition coefficient (Wildman–Crippen LogP) is 3.78. The SMILES string of the molecule is COCC1CN(c2ccc3ccc(Cl)c(Cl)c3n2)CC(C)O1. The molecule has 4 nitrogen and oxygen atoms in total. The van der Waals surface area contributed by atoms with Crippen molar-refractivity contribution in [3.8, 4) is 0 Å². The lowest BCUT2D eigenvalue weighted by atomic mass is 10.2. The van der Waals surface area contributed by atoms with E-state index in [1.165, 1.54) is 0 Å². The van der Waals surface area contributed by atoms with E-state index >= 15 is 0 Å². The summed E-state index contributed by atoms with van der Waals surface area (Å²) in [4.78, 5) is 6.90. The smallest absolute Gasteiger partial charge is 0.129 e. The Labute approximate surface area is 139 Å². The maximum atomic E-state index is 6.29. The summed E-state index contributed by atoms with van der Waals surface area (Å²) in [5.41, 5.74) is 0.731. The molecule has 2 atom stereocenters. The molecule has 1 fully saturated rings. The minimum Gasteiger partial charge on any atom is -0.382 e. The summed E-state index contributed by atoms with van der Waals surface area (Å²) in [6, 6.07) is 7.74. The second-order valence-corrected chi connectivity index (χ2v) is 6.32. The average molecular weight is 341 g/mol. The van der Waals surface area contributed by atoms with Gasteiger partial charge in [0.2, 0.25) is 0 Å². The van der Waals surface area contributed by atoms with Crippen molar-refractivity contribution in [3.63, 3.8) is 0 Å². The third-order valence-corrected chi connectivity index (χ3v) is 4.54. The molecule has 6 heteroatoms. The number of anilines is 1. The molecule has 0 aliphatic carbocycles. The molecule has 1 saturated heterocycles. The lowest BCUT2D eigenvalue weighted by molar-refractivity contribution is -0.0512. The Balaban J connectivity index is 1.93. The topological polar surface area (TPSA) is 34.6 Å². The molecule has 0 saturated carbocycles. The number of nitrogens with zero attached hydrogens (tertiary/aromatic N) is 2. The Bertz CT molecular complexity index is 680. The molecule has 0 N–H and O–H groups in total. The minimum absolute atomic E-state index is 0.0427. The van der Waals surface area contributed by atoms with Gasteiger partial charge in [-0.2, -0.15) is 0 Å². The van der Waals surface area contributed by atoms with Crippen LogP contribution in [0.25, 0.3) is 10.9 Å². The van der Waals surface area contributed by atoms with Crippen molar-refractivity contribution >= 4 is 39.9 Å². The Morgan fingerprint density at radius 2 is 2.05 bits per heavy atom. The number of methoxy groups -OCH3 is 1. The van der Waals surface area contributed by atoms with Gasteiger partial charge in [0, 0.05) is 25.6 Å². The zero-order chi connectivity index (χ0) is 15.7. The molecule has 1 aliphatic rings. The van der Waals surface area contributed by atoms with Crippen LogP contribution in [0.3, 0.4) is 0 Å². The Kier molecular flexibility index (Phi) is 4.73. The number of fused-ring (bicyclic) bond motifs is 1. The molecule has 2 aromatic rings. The van der Waals surface area contributed by atoms with E-state index in [-0.39, 0.29) is 12.2 Å². The highest BCUT2D eigenvalue weighted by Gasteiger charge is 2.26. The molecule has 0 spiro atoms. The highest BCUT2D eigenvalue weighted by atomic mass is 35.5. The van der Waals surface area contributed by atoms with E-state index in [2.05, 4.69) is 11.8 Å². The fourth-order valence-corrected chi connectivity index (χ4v) is 3.17. The monoisotopic (exact) mass is 340 g/mol. The lowest BCUT2D eigenvalue weighted by Gasteiger charge is -2.37. The van der Waals surface area contributed by atoms with Crippen molar-refractivity contribution in [2.45, 2.75) is 19.1 Å². The molecule has 2 heterocycles. The molecular weight excluding hydrogens is 323 g/mol. The number of morpholine rings is 1. The van der Waals surface area contributed by atoms with E-state index in [1.54, 1.807) is 13.2 Å². The Morgan fingerprint density at radius 1 is 1.27 bits per heavy atom. The van der Waals surface area contributed by atoms with Gasteiger partial charge in [0.1, 0.15) is 5.82 Å². The first kappa shape index (κ1) is 15.8. The van der Waals surface area contributed by atoms with Gasteiger partial charge in [0.05, 0.1) is 34.4 Å². The molecule has 3 rings (SSSR count). The van der Waals surface area contributed by atoms with Crippen LogP contribution >= 0.6 is 23.2 Å². The second kappa shape index (κ2) is 6.59. The van der Waals surface area contributed by atoms with Crippen LogP contribution in [0, 0.1) is 0 Å². The maximum absolute atomic E-state index is 6.29. The van der Waals surface area contributed by atoms with Crippen LogP contribution in [0.4, 0.5) is 5.82 Å². The van der Waals surface area contributed by atoms with Crippen molar-refractivity contribution < 1.29 is 9.47 Å². The van der Waals surface area contributed by atoms with Gasteiger partial charge in [-0.3, -0.25) is 0 Å². The van der Waals surface area contributed by atoms with Crippen LogP contribution in [0.5, 0.6) is 0 Å². The van der Waals surface area contributed by atoms with E-state index < -0.39 is 0 Å². The van der Waals surface area contributed by atoms with Crippen LogP contribution in [0.2, 0.25) is 10.0 Å². The number of ether oxygens (including phenoxy) is 2. The van der Waals surface area contributed by atoms with Gasteiger partial charge in [-0.05, 0) is 25.1 Å². The van der Waals surface area contributed by atoms with Crippen LogP contribution < -0.4 is 4.90 Å². The van der Waals surface area contributed by atoms with Crippen LogP contribution in [0.15, 0.2) is 24.3 Å². The van der Waals surface area contributed by atoms with E-state index in [1.807, 2.05) is 18.2 Å². The summed E-state index contributed by atoms with van der Waals surface area (Å²) in [6.07, 6.45) is 0.169. The molecule has 118 valence electrons. The molecule has 0 radical (unpaired) electrons. The van der Waals surface area contributed by atoms with Crippen molar-refractivity contribution in [3.05, 3.63) is 34.3 Å². The summed E-state index contributed by atoms with van der Waals surface area (Å²) < 4.78 is 11.1. The standard InChI is InChI=1S/C16H18Cl2N2O2/c1-10-7-20(8-12(22-10)9-21-2)14-6-4-11-3-5-13(17)15(18)16(11)19-14/h3-6,10,12H,7-9H2,1-2H3. The Morgan fingerprint density at radius 3 is 2.82 bits per heavy atom. The molecule has 1 aromatic carbocycles. The summed E-state index contributed by atoms with van der Waals surface area (Å²) in [6.45, 7) is 4.16. The van der Waals surface area contributed by atoms with Crippen molar-refractivity contribution in [1.82, 2.24) is 4.98 Å². The minimum atomic E-state index is 0.0427. The van der Waals surface area contributed by atoms with E-state index in [9.17, 15) is 0 Å². The molecule has 0 amide bonds. The van der Waals surface area contributed by atoms with Crippen molar-refractivity contribution in [2.24, 2.45) is 0 Å². The van der Waals surface area contributed by atoms with Crippen LogP contribution in [-0.4, -0.2) is 44.0 Å². The zero-order valence-electron chi connectivity index (χ0n) is 12.6. The number of hydrogen-bond donors (Lipinski definition) is 0. The molecule has 1 aromatic heterocycles. The summed E-state index contributed by atoms with van der Waals surface area (Å²) in [5, 5.41) is 2.00. The third kappa shape index (κ3) is 3.15. The molecular formula is C16H18Cl2N2O2. The van der Waals surface area contributed by atoms with Crippen molar-refractivity contribution in [1.29, 1.82) is 0 Å². The molecule has 2 unspecified atom stereocenters. The number of benzene rings is 1. The second-order valence-electron chi connectivity index (χ2n) is 5.53. The number of rotatable bonds is 3. The molecule has 0 bridgehead atoms. The van der Waals surface area contributed by atoms with Gasteiger partial charge in [0.15, 0.2) is 0 Å². The van der Waals surface area contributed by atoms with E-state index in [0.717, 1.165) is 29.8 Å². The average Bonchev–Trinajstić information content (AvgIpc) is 2.50. The summed E-state index contributed by atoms with van der Waals surface area (Å²) in [7, 11) is 1.68.